The van der Waals surface area contributed by atoms with Crippen LogP contribution in [0, 0.1) is 13.8 Å². The van der Waals surface area contributed by atoms with Crippen molar-refractivity contribution >= 4 is 23.0 Å². The molecule has 0 unspecified atom stereocenters. The van der Waals surface area contributed by atoms with Gasteiger partial charge in [0.25, 0.3) is 0 Å². The molecule has 0 saturated heterocycles. The first kappa shape index (κ1) is 17.5. The Labute approximate surface area is 150 Å². The number of aromatic hydroxyl groups is 1. The van der Waals surface area contributed by atoms with Gasteiger partial charge in [-0.05, 0) is 37.6 Å². The van der Waals surface area contributed by atoms with Gasteiger partial charge in [-0.25, -0.2) is 9.59 Å². The molecule has 1 N–H and O–H groups in total. The highest BCUT2D eigenvalue weighted by atomic mass is 16.5. The molecule has 3 aromatic rings. The summed E-state index contributed by atoms with van der Waals surface area (Å²) >= 11 is 0. The molecule has 1 heterocycles. The zero-order chi connectivity index (χ0) is 18.7. The van der Waals surface area contributed by atoms with Crippen molar-refractivity contribution in [1.82, 2.24) is 0 Å². The second-order valence-electron chi connectivity index (χ2n) is 6.03. The van der Waals surface area contributed by atoms with Gasteiger partial charge in [0.2, 0.25) is 0 Å². The molecule has 132 valence electrons. The highest BCUT2D eigenvalue weighted by Crippen LogP contribution is 2.27. The number of carbonyl (C=O) groups is 1. The minimum Gasteiger partial charge on any atom is -0.508 e. The SMILES string of the molecule is Cc1cccc(/C=C/C(=O)OCc2cc(=O)oc3c(C)c(O)ccc23)c1. The van der Waals surface area contributed by atoms with Gasteiger partial charge in [0.15, 0.2) is 0 Å². The summed E-state index contributed by atoms with van der Waals surface area (Å²) in [6.45, 7) is 3.56. The third kappa shape index (κ3) is 3.83. The van der Waals surface area contributed by atoms with Gasteiger partial charge >= 0.3 is 11.6 Å². The molecule has 5 heteroatoms. The summed E-state index contributed by atoms with van der Waals surface area (Å²) in [5, 5.41) is 10.4. The number of ether oxygens (including phenoxy) is 1. The van der Waals surface area contributed by atoms with E-state index in [9.17, 15) is 14.7 Å². The van der Waals surface area contributed by atoms with Crippen LogP contribution in [-0.4, -0.2) is 11.1 Å². The minimum atomic E-state index is -0.562. The fourth-order valence-electron chi connectivity index (χ4n) is 2.67. The lowest BCUT2D eigenvalue weighted by atomic mass is 10.1. The predicted octanol–water partition coefficient (Wildman–Crippen LogP) is 3.87. The van der Waals surface area contributed by atoms with Crippen LogP contribution in [0.25, 0.3) is 17.0 Å². The molecular weight excluding hydrogens is 332 g/mol. The Balaban J connectivity index is 1.78. The van der Waals surface area contributed by atoms with Crippen molar-refractivity contribution in [2.45, 2.75) is 20.5 Å². The van der Waals surface area contributed by atoms with Gasteiger partial charge in [0.05, 0.1) is 0 Å². The Kier molecular flexibility index (Phi) is 4.89. The third-order valence-corrected chi connectivity index (χ3v) is 4.04. The lowest BCUT2D eigenvalue weighted by molar-refractivity contribution is -0.138. The molecule has 0 aliphatic heterocycles. The topological polar surface area (TPSA) is 76.7 Å². The molecule has 2 aromatic carbocycles. The Morgan fingerprint density at radius 3 is 2.77 bits per heavy atom. The normalized spacial score (nSPS) is 11.2. The number of rotatable bonds is 4. The number of benzene rings is 2. The Bertz CT molecular complexity index is 1060. The first-order valence-corrected chi connectivity index (χ1v) is 8.11. The maximum Gasteiger partial charge on any atom is 0.336 e. The second kappa shape index (κ2) is 7.27. The summed E-state index contributed by atoms with van der Waals surface area (Å²) < 4.78 is 10.4. The van der Waals surface area contributed by atoms with Gasteiger partial charge in [0.1, 0.15) is 17.9 Å². The molecule has 0 aliphatic rings. The molecule has 0 amide bonds. The van der Waals surface area contributed by atoms with E-state index < -0.39 is 11.6 Å². The minimum absolute atomic E-state index is 0.0379. The zero-order valence-corrected chi connectivity index (χ0v) is 14.5. The molecule has 5 nitrogen and oxygen atoms in total. The van der Waals surface area contributed by atoms with Gasteiger partial charge < -0.3 is 14.3 Å². The summed E-state index contributed by atoms with van der Waals surface area (Å²) in [5.41, 5.74) is 2.72. The van der Waals surface area contributed by atoms with Gasteiger partial charge in [-0.2, -0.15) is 0 Å². The lowest BCUT2D eigenvalue weighted by Crippen LogP contribution is -2.06. The molecular formula is C21H18O5. The van der Waals surface area contributed by atoms with Crippen LogP contribution in [-0.2, 0) is 16.1 Å². The third-order valence-electron chi connectivity index (χ3n) is 4.04. The Hall–Kier alpha value is -3.34. The van der Waals surface area contributed by atoms with E-state index in [1.807, 2.05) is 31.2 Å². The van der Waals surface area contributed by atoms with Crippen LogP contribution in [0.4, 0.5) is 0 Å². The summed E-state index contributed by atoms with van der Waals surface area (Å²) in [4.78, 5) is 23.7. The standard InChI is InChI=1S/C21H18O5/c1-13-4-3-5-15(10-13)6-9-19(23)25-12-16-11-20(24)26-21-14(2)18(22)8-7-17(16)21/h3-11,22H,12H2,1-2H3/b9-6+. The molecule has 0 saturated carbocycles. The van der Waals surface area contributed by atoms with Gasteiger partial charge in [-0.1, -0.05) is 29.8 Å². The fourth-order valence-corrected chi connectivity index (χ4v) is 2.67. The monoisotopic (exact) mass is 350 g/mol. The van der Waals surface area contributed by atoms with Crippen molar-refractivity contribution in [2.24, 2.45) is 0 Å². The summed E-state index contributed by atoms with van der Waals surface area (Å²) in [6.07, 6.45) is 3.02. The molecule has 0 radical (unpaired) electrons. The smallest absolute Gasteiger partial charge is 0.336 e. The average molecular weight is 350 g/mol. The number of phenols is 1. The largest absolute Gasteiger partial charge is 0.508 e. The Morgan fingerprint density at radius 2 is 2.00 bits per heavy atom. The first-order valence-electron chi connectivity index (χ1n) is 8.11. The zero-order valence-electron chi connectivity index (χ0n) is 14.5. The lowest BCUT2D eigenvalue weighted by Gasteiger charge is -2.08. The number of phenolic OH excluding ortho intramolecular Hbond substituents is 1. The fraction of sp³-hybridized carbons (Fsp3) is 0.143. The molecule has 3 rings (SSSR count). The van der Waals surface area contributed by atoms with Gasteiger partial charge in [-0.3, -0.25) is 0 Å². The number of hydrogen-bond acceptors (Lipinski definition) is 5. The summed E-state index contributed by atoms with van der Waals surface area (Å²) in [7, 11) is 0. The van der Waals surface area contributed by atoms with E-state index >= 15 is 0 Å². The number of carbonyl (C=O) groups excluding carboxylic acids is 1. The quantitative estimate of drug-likeness (QED) is 0.439. The second-order valence-corrected chi connectivity index (χ2v) is 6.03. The van der Waals surface area contributed by atoms with Crippen molar-refractivity contribution < 1.29 is 19.1 Å². The van der Waals surface area contributed by atoms with E-state index in [1.165, 1.54) is 18.2 Å². The van der Waals surface area contributed by atoms with E-state index in [1.54, 1.807) is 19.1 Å². The highest BCUT2D eigenvalue weighted by Gasteiger charge is 2.11. The van der Waals surface area contributed by atoms with Crippen LogP contribution < -0.4 is 5.63 Å². The average Bonchev–Trinajstić information content (AvgIpc) is 2.61. The molecule has 0 aliphatic carbocycles. The van der Waals surface area contributed by atoms with Crippen molar-refractivity contribution in [3.8, 4) is 5.75 Å². The van der Waals surface area contributed by atoms with Gasteiger partial charge in [-0.15, -0.1) is 0 Å². The van der Waals surface area contributed by atoms with Crippen LogP contribution in [0.1, 0.15) is 22.3 Å². The number of fused-ring (bicyclic) bond motifs is 1. The summed E-state index contributed by atoms with van der Waals surface area (Å²) in [5.74, 6) is -0.473. The van der Waals surface area contributed by atoms with Crippen LogP contribution in [0.5, 0.6) is 5.75 Å². The number of esters is 1. The van der Waals surface area contributed by atoms with E-state index in [2.05, 4.69) is 0 Å². The van der Waals surface area contributed by atoms with E-state index in [0.29, 0.717) is 22.1 Å². The maximum absolute atomic E-state index is 12.0. The van der Waals surface area contributed by atoms with Crippen LogP contribution in [0.3, 0.4) is 0 Å². The first-order chi connectivity index (χ1) is 12.4. The van der Waals surface area contributed by atoms with Crippen molar-refractivity contribution in [1.29, 1.82) is 0 Å². The van der Waals surface area contributed by atoms with Crippen LogP contribution in [0.2, 0.25) is 0 Å². The Morgan fingerprint density at radius 1 is 1.19 bits per heavy atom. The highest BCUT2D eigenvalue weighted by molar-refractivity contribution is 5.88. The van der Waals surface area contributed by atoms with Gasteiger partial charge in [0, 0.05) is 28.7 Å². The predicted molar refractivity (Wildman–Crippen MR) is 98.9 cm³/mol. The van der Waals surface area contributed by atoms with Crippen LogP contribution in [0.15, 0.2) is 57.8 Å². The van der Waals surface area contributed by atoms with E-state index in [4.69, 9.17) is 9.15 Å². The van der Waals surface area contributed by atoms with E-state index in [0.717, 1.165) is 11.1 Å². The molecule has 0 spiro atoms. The molecule has 0 atom stereocenters. The number of hydrogen-bond donors (Lipinski definition) is 1. The van der Waals surface area contributed by atoms with E-state index in [-0.39, 0.29) is 12.4 Å². The van der Waals surface area contributed by atoms with Crippen molar-refractivity contribution in [2.75, 3.05) is 0 Å². The van der Waals surface area contributed by atoms with Crippen LogP contribution >= 0.6 is 0 Å². The molecule has 0 fully saturated rings. The molecule has 26 heavy (non-hydrogen) atoms. The van der Waals surface area contributed by atoms with Crippen molar-refractivity contribution in [3.05, 3.63) is 81.2 Å². The molecule has 0 bridgehead atoms. The number of aryl methyl sites for hydroxylation is 2. The molecule has 1 aromatic heterocycles. The van der Waals surface area contributed by atoms with Crippen molar-refractivity contribution in [3.63, 3.8) is 0 Å². The maximum atomic E-state index is 12.0. The summed E-state index contributed by atoms with van der Waals surface area (Å²) in [6, 6.07) is 12.2.